The lowest BCUT2D eigenvalue weighted by Crippen LogP contribution is -2.22. The second kappa shape index (κ2) is 6.57. The molecule has 0 unspecified atom stereocenters. The summed E-state index contributed by atoms with van der Waals surface area (Å²) in [6.45, 7) is 5.85. The summed E-state index contributed by atoms with van der Waals surface area (Å²) in [6, 6.07) is 5.21. The predicted molar refractivity (Wildman–Crippen MR) is 73.9 cm³/mol. The number of ether oxygens (including phenoxy) is 1. The SMILES string of the molecule is Cc1cccc(C(=O)O)c1OCCCN1CCCC1. The Morgan fingerprint density at radius 2 is 2.11 bits per heavy atom. The van der Waals surface area contributed by atoms with Gasteiger partial charge in [0.25, 0.3) is 0 Å². The highest BCUT2D eigenvalue weighted by Gasteiger charge is 2.14. The van der Waals surface area contributed by atoms with E-state index in [2.05, 4.69) is 4.90 Å². The van der Waals surface area contributed by atoms with Crippen molar-refractivity contribution >= 4 is 5.97 Å². The molecule has 1 fully saturated rings. The maximum atomic E-state index is 11.1. The zero-order valence-electron chi connectivity index (χ0n) is 11.4. The van der Waals surface area contributed by atoms with E-state index >= 15 is 0 Å². The van der Waals surface area contributed by atoms with Crippen molar-refractivity contribution < 1.29 is 14.6 Å². The number of hydrogen-bond acceptors (Lipinski definition) is 3. The van der Waals surface area contributed by atoms with E-state index in [1.54, 1.807) is 12.1 Å². The summed E-state index contributed by atoms with van der Waals surface area (Å²) in [5.74, 6) is -0.422. The third-order valence-corrected chi connectivity index (χ3v) is 3.51. The summed E-state index contributed by atoms with van der Waals surface area (Å²) >= 11 is 0. The van der Waals surface area contributed by atoms with Crippen LogP contribution in [0.3, 0.4) is 0 Å². The highest BCUT2D eigenvalue weighted by molar-refractivity contribution is 5.91. The van der Waals surface area contributed by atoms with Crippen molar-refractivity contribution in [1.82, 2.24) is 4.90 Å². The molecule has 0 spiro atoms. The van der Waals surface area contributed by atoms with E-state index in [1.807, 2.05) is 13.0 Å². The van der Waals surface area contributed by atoms with Crippen molar-refractivity contribution in [2.45, 2.75) is 26.2 Å². The minimum absolute atomic E-state index is 0.251. The van der Waals surface area contributed by atoms with Crippen molar-refractivity contribution in [3.05, 3.63) is 29.3 Å². The molecule has 1 heterocycles. The molecule has 1 aromatic rings. The van der Waals surface area contributed by atoms with E-state index in [0.29, 0.717) is 12.4 Å². The number of hydrogen-bond donors (Lipinski definition) is 1. The van der Waals surface area contributed by atoms with Gasteiger partial charge in [-0.3, -0.25) is 0 Å². The van der Waals surface area contributed by atoms with Gasteiger partial charge in [-0.2, -0.15) is 0 Å². The van der Waals surface area contributed by atoms with E-state index in [-0.39, 0.29) is 5.56 Å². The topological polar surface area (TPSA) is 49.8 Å². The minimum Gasteiger partial charge on any atom is -0.492 e. The number of rotatable bonds is 6. The highest BCUT2D eigenvalue weighted by Crippen LogP contribution is 2.23. The molecule has 104 valence electrons. The van der Waals surface area contributed by atoms with E-state index in [9.17, 15) is 4.79 Å². The fraction of sp³-hybridized carbons (Fsp3) is 0.533. The summed E-state index contributed by atoms with van der Waals surface area (Å²) in [7, 11) is 0. The van der Waals surface area contributed by atoms with Crippen molar-refractivity contribution in [3.8, 4) is 5.75 Å². The quantitative estimate of drug-likeness (QED) is 0.801. The van der Waals surface area contributed by atoms with Gasteiger partial charge in [0.15, 0.2) is 0 Å². The lowest BCUT2D eigenvalue weighted by Gasteiger charge is -2.16. The van der Waals surface area contributed by atoms with E-state index < -0.39 is 5.97 Å². The Morgan fingerprint density at radius 3 is 2.79 bits per heavy atom. The van der Waals surface area contributed by atoms with Gasteiger partial charge in [0.2, 0.25) is 0 Å². The number of carboxylic acid groups (broad SMARTS) is 1. The molecule has 19 heavy (non-hydrogen) atoms. The van der Waals surface area contributed by atoms with Crippen LogP contribution >= 0.6 is 0 Å². The monoisotopic (exact) mass is 263 g/mol. The first-order valence-corrected chi connectivity index (χ1v) is 6.86. The van der Waals surface area contributed by atoms with Gasteiger partial charge in [-0.25, -0.2) is 4.79 Å². The molecule has 2 rings (SSSR count). The number of carbonyl (C=O) groups is 1. The molecular weight excluding hydrogens is 242 g/mol. The van der Waals surface area contributed by atoms with Crippen LogP contribution in [0.25, 0.3) is 0 Å². The Labute approximate surface area is 114 Å². The molecule has 0 amide bonds. The Morgan fingerprint density at radius 1 is 1.37 bits per heavy atom. The first-order valence-electron chi connectivity index (χ1n) is 6.86. The van der Waals surface area contributed by atoms with Gasteiger partial charge in [0, 0.05) is 6.54 Å². The Bertz CT molecular complexity index is 439. The van der Waals surface area contributed by atoms with E-state index in [4.69, 9.17) is 9.84 Å². The summed E-state index contributed by atoms with van der Waals surface area (Å²) in [6.07, 6.45) is 3.52. The van der Waals surface area contributed by atoms with Crippen LogP contribution in [0.1, 0.15) is 35.2 Å². The van der Waals surface area contributed by atoms with Gasteiger partial charge in [0.1, 0.15) is 11.3 Å². The molecule has 0 radical (unpaired) electrons. The predicted octanol–water partition coefficient (Wildman–Crippen LogP) is 2.56. The minimum atomic E-state index is -0.932. The van der Waals surface area contributed by atoms with Gasteiger partial charge in [-0.05, 0) is 50.9 Å². The van der Waals surface area contributed by atoms with Crippen molar-refractivity contribution in [3.63, 3.8) is 0 Å². The van der Waals surface area contributed by atoms with Crippen molar-refractivity contribution in [1.29, 1.82) is 0 Å². The lowest BCUT2D eigenvalue weighted by atomic mass is 10.1. The fourth-order valence-corrected chi connectivity index (χ4v) is 2.48. The van der Waals surface area contributed by atoms with Crippen LogP contribution in [0.15, 0.2) is 18.2 Å². The molecule has 0 aromatic heterocycles. The zero-order chi connectivity index (χ0) is 13.7. The van der Waals surface area contributed by atoms with Gasteiger partial charge < -0.3 is 14.7 Å². The van der Waals surface area contributed by atoms with Crippen LogP contribution in [-0.4, -0.2) is 42.2 Å². The van der Waals surface area contributed by atoms with Crippen LogP contribution in [0.5, 0.6) is 5.75 Å². The smallest absolute Gasteiger partial charge is 0.339 e. The molecule has 1 saturated heterocycles. The molecule has 0 saturated carbocycles. The molecule has 4 nitrogen and oxygen atoms in total. The number of aromatic carboxylic acids is 1. The average molecular weight is 263 g/mol. The van der Waals surface area contributed by atoms with Gasteiger partial charge in [-0.1, -0.05) is 12.1 Å². The third kappa shape index (κ3) is 3.70. The molecule has 1 aliphatic rings. The van der Waals surface area contributed by atoms with Crippen LogP contribution in [0.4, 0.5) is 0 Å². The second-order valence-corrected chi connectivity index (χ2v) is 5.01. The molecule has 0 aliphatic carbocycles. The van der Waals surface area contributed by atoms with Gasteiger partial charge in [-0.15, -0.1) is 0 Å². The zero-order valence-corrected chi connectivity index (χ0v) is 11.4. The Balaban J connectivity index is 1.86. The normalized spacial score (nSPS) is 15.6. The third-order valence-electron chi connectivity index (χ3n) is 3.51. The number of benzene rings is 1. The maximum absolute atomic E-state index is 11.1. The molecular formula is C15H21NO3. The molecule has 0 atom stereocenters. The van der Waals surface area contributed by atoms with E-state index in [0.717, 1.165) is 18.5 Å². The number of likely N-dealkylation sites (tertiary alicyclic amines) is 1. The first-order chi connectivity index (χ1) is 9.18. The largest absolute Gasteiger partial charge is 0.492 e. The lowest BCUT2D eigenvalue weighted by molar-refractivity contribution is 0.0692. The van der Waals surface area contributed by atoms with Crippen LogP contribution in [-0.2, 0) is 0 Å². The second-order valence-electron chi connectivity index (χ2n) is 5.01. The summed E-state index contributed by atoms with van der Waals surface area (Å²) in [4.78, 5) is 13.6. The Kier molecular flexibility index (Phi) is 4.80. The number of nitrogens with zero attached hydrogens (tertiary/aromatic N) is 1. The van der Waals surface area contributed by atoms with Gasteiger partial charge in [0.05, 0.1) is 6.61 Å². The highest BCUT2D eigenvalue weighted by atomic mass is 16.5. The van der Waals surface area contributed by atoms with Crippen LogP contribution in [0.2, 0.25) is 0 Å². The number of carboxylic acids is 1. The fourth-order valence-electron chi connectivity index (χ4n) is 2.48. The molecule has 1 aromatic carbocycles. The Hall–Kier alpha value is -1.55. The first kappa shape index (κ1) is 13.9. The van der Waals surface area contributed by atoms with Crippen LogP contribution < -0.4 is 4.74 Å². The summed E-state index contributed by atoms with van der Waals surface area (Å²) in [5, 5.41) is 9.13. The van der Waals surface area contributed by atoms with Crippen molar-refractivity contribution in [2.75, 3.05) is 26.2 Å². The summed E-state index contributed by atoms with van der Waals surface area (Å²) < 4.78 is 5.68. The molecule has 1 N–H and O–H groups in total. The summed E-state index contributed by atoms with van der Waals surface area (Å²) in [5.41, 5.74) is 1.13. The molecule has 0 bridgehead atoms. The maximum Gasteiger partial charge on any atom is 0.339 e. The molecule has 4 heteroatoms. The van der Waals surface area contributed by atoms with Crippen molar-refractivity contribution in [2.24, 2.45) is 0 Å². The van der Waals surface area contributed by atoms with Crippen LogP contribution in [0, 0.1) is 6.92 Å². The average Bonchev–Trinajstić information content (AvgIpc) is 2.88. The van der Waals surface area contributed by atoms with E-state index in [1.165, 1.54) is 25.9 Å². The van der Waals surface area contributed by atoms with Gasteiger partial charge >= 0.3 is 5.97 Å². The number of aryl methyl sites for hydroxylation is 1. The standard InChI is InChI=1S/C15H21NO3/c1-12-6-4-7-13(15(17)18)14(12)19-11-5-10-16-8-2-3-9-16/h4,6-7H,2-3,5,8-11H2,1H3,(H,17,18). The number of para-hydroxylation sites is 1. The molecule has 1 aliphatic heterocycles.